The van der Waals surface area contributed by atoms with Crippen molar-refractivity contribution < 1.29 is 57.8 Å². The number of rotatable bonds is 7. The van der Waals surface area contributed by atoms with Crippen molar-refractivity contribution in [2.75, 3.05) is 6.61 Å². The van der Waals surface area contributed by atoms with E-state index < -0.39 is 85.4 Å². The largest absolute Gasteiger partial charge is 0.743 e. The molecular formula is C18H22F3O10S2-. The summed E-state index contributed by atoms with van der Waals surface area (Å²) in [5, 5.41) is -6.72. The number of hydrogen-bond acceptors (Lipinski definition) is 10. The van der Waals surface area contributed by atoms with Gasteiger partial charge in [0.1, 0.15) is 24.1 Å². The third kappa shape index (κ3) is 4.14. The fourth-order valence-electron chi connectivity index (χ4n) is 5.53. The molecule has 1 aliphatic heterocycles. The van der Waals surface area contributed by atoms with Crippen LogP contribution in [-0.4, -0.2) is 68.8 Å². The SMILES string of the molecule is O=C(OC1C2CC3C1OS(=O)(=O)C3C2C(=O)OCC(F)C(F)(F)S(=O)(=O)[O-])C1CCCCC1. The third-order valence-electron chi connectivity index (χ3n) is 7.06. The molecule has 7 atom stereocenters. The Labute approximate surface area is 188 Å². The highest BCUT2D eigenvalue weighted by molar-refractivity contribution is 7.87. The Hall–Kier alpha value is -1.45. The summed E-state index contributed by atoms with van der Waals surface area (Å²) in [7, 11) is -10.6. The molecule has 0 amide bonds. The molecule has 15 heteroatoms. The van der Waals surface area contributed by atoms with Crippen LogP contribution in [0.25, 0.3) is 0 Å². The van der Waals surface area contributed by atoms with Crippen LogP contribution in [0.4, 0.5) is 13.2 Å². The van der Waals surface area contributed by atoms with Gasteiger partial charge < -0.3 is 14.0 Å². The highest BCUT2D eigenvalue weighted by Crippen LogP contribution is 2.59. The van der Waals surface area contributed by atoms with E-state index in [4.69, 9.17) is 8.92 Å². The maximum absolute atomic E-state index is 13.7. The van der Waals surface area contributed by atoms with E-state index in [1.807, 2.05) is 0 Å². The van der Waals surface area contributed by atoms with Crippen molar-refractivity contribution in [1.82, 2.24) is 0 Å². The summed E-state index contributed by atoms with van der Waals surface area (Å²) in [5.41, 5.74) is 0. The van der Waals surface area contributed by atoms with Crippen molar-refractivity contribution in [3.8, 4) is 0 Å². The third-order valence-corrected chi connectivity index (χ3v) is 9.78. The van der Waals surface area contributed by atoms with Crippen LogP contribution in [-0.2, 0) is 43.5 Å². The second-order valence-electron chi connectivity index (χ2n) is 8.96. The zero-order valence-corrected chi connectivity index (χ0v) is 18.7. The number of halogens is 3. The number of hydrogen-bond donors (Lipinski definition) is 0. The fourth-order valence-corrected chi connectivity index (χ4v) is 7.97. The Bertz CT molecular complexity index is 1020. The minimum Gasteiger partial charge on any atom is -0.743 e. The highest BCUT2D eigenvalue weighted by atomic mass is 32.2. The molecule has 0 aromatic carbocycles. The molecule has 7 unspecified atom stereocenters. The second kappa shape index (κ2) is 8.34. The van der Waals surface area contributed by atoms with Crippen LogP contribution in [0.3, 0.4) is 0 Å². The van der Waals surface area contributed by atoms with Crippen LogP contribution in [0.15, 0.2) is 0 Å². The molecule has 0 N–H and O–H groups in total. The first-order valence-electron chi connectivity index (χ1n) is 10.5. The monoisotopic (exact) mass is 519 g/mol. The highest BCUT2D eigenvalue weighted by Gasteiger charge is 2.72. The summed E-state index contributed by atoms with van der Waals surface area (Å²) in [6.45, 7) is -1.77. The molecule has 3 aliphatic carbocycles. The first kappa shape index (κ1) is 24.7. The molecule has 2 bridgehead atoms. The number of esters is 2. The van der Waals surface area contributed by atoms with Gasteiger partial charge >= 0.3 is 17.2 Å². The van der Waals surface area contributed by atoms with Crippen molar-refractivity contribution in [2.45, 2.75) is 67.4 Å². The van der Waals surface area contributed by atoms with E-state index in [1.165, 1.54) is 0 Å². The molecule has 4 fully saturated rings. The molecule has 3 saturated carbocycles. The zero-order valence-electron chi connectivity index (χ0n) is 17.1. The first-order chi connectivity index (χ1) is 15.3. The topological polar surface area (TPSA) is 153 Å². The smallest absolute Gasteiger partial charge is 0.368 e. The van der Waals surface area contributed by atoms with Gasteiger partial charge in [-0.05, 0) is 19.3 Å². The summed E-state index contributed by atoms with van der Waals surface area (Å²) < 4.78 is 112. The molecule has 0 spiro atoms. The molecule has 1 saturated heterocycles. The van der Waals surface area contributed by atoms with Gasteiger partial charge in [0.15, 0.2) is 10.1 Å². The van der Waals surface area contributed by atoms with Crippen molar-refractivity contribution in [1.29, 1.82) is 0 Å². The van der Waals surface area contributed by atoms with E-state index in [-0.39, 0.29) is 12.3 Å². The van der Waals surface area contributed by atoms with Gasteiger partial charge in [0.25, 0.3) is 10.1 Å². The van der Waals surface area contributed by atoms with E-state index in [1.54, 1.807) is 0 Å². The number of carbonyl (C=O) groups excluding carboxylic acids is 2. The summed E-state index contributed by atoms with van der Waals surface area (Å²) >= 11 is 0. The molecular weight excluding hydrogens is 497 g/mol. The average molecular weight is 519 g/mol. The lowest BCUT2D eigenvalue weighted by Gasteiger charge is -2.32. The molecule has 188 valence electrons. The number of ether oxygens (including phenoxy) is 2. The van der Waals surface area contributed by atoms with Crippen LogP contribution >= 0.6 is 0 Å². The van der Waals surface area contributed by atoms with E-state index in [0.29, 0.717) is 12.8 Å². The second-order valence-corrected chi connectivity index (χ2v) is 12.1. The summed E-state index contributed by atoms with van der Waals surface area (Å²) in [5.74, 6) is -5.31. The van der Waals surface area contributed by atoms with Crippen LogP contribution in [0.2, 0.25) is 0 Å². The van der Waals surface area contributed by atoms with Crippen LogP contribution in [0, 0.1) is 23.7 Å². The lowest BCUT2D eigenvalue weighted by molar-refractivity contribution is -0.169. The number of alkyl halides is 3. The van der Waals surface area contributed by atoms with E-state index in [9.17, 15) is 44.1 Å². The standard InChI is InChI=1S/C18H23F3O10S2/c19-11(18(20,21)33(26,27)28)7-29-17(23)12-9-6-10-14(31-32(24,25)15(10)12)13(9)30-16(22)8-4-2-1-3-5-8/h8-15H,1-7H2,(H,26,27,28)/p-1. The predicted molar refractivity (Wildman–Crippen MR) is 99.6 cm³/mol. The van der Waals surface area contributed by atoms with Crippen molar-refractivity contribution in [3.05, 3.63) is 0 Å². The van der Waals surface area contributed by atoms with Gasteiger partial charge in [-0.3, -0.25) is 13.8 Å². The lowest BCUT2D eigenvalue weighted by atomic mass is 9.84. The Morgan fingerprint density at radius 3 is 2.36 bits per heavy atom. The van der Waals surface area contributed by atoms with Crippen LogP contribution in [0.1, 0.15) is 38.5 Å². The Morgan fingerprint density at radius 2 is 1.76 bits per heavy atom. The molecule has 0 aromatic rings. The van der Waals surface area contributed by atoms with Crippen molar-refractivity contribution in [2.24, 2.45) is 23.7 Å². The van der Waals surface area contributed by atoms with Crippen LogP contribution in [0.5, 0.6) is 0 Å². The molecule has 1 heterocycles. The molecule has 33 heavy (non-hydrogen) atoms. The van der Waals surface area contributed by atoms with Gasteiger partial charge in [-0.2, -0.15) is 17.2 Å². The van der Waals surface area contributed by atoms with Gasteiger partial charge in [0, 0.05) is 11.8 Å². The van der Waals surface area contributed by atoms with Gasteiger partial charge in [-0.15, -0.1) is 0 Å². The first-order valence-corrected chi connectivity index (χ1v) is 13.4. The molecule has 4 rings (SSSR count). The molecule has 0 aromatic heterocycles. The van der Waals surface area contributed by atoms with Crippen molar-refractivity contribution in [3.63, 3.8) is 0 Å². The Kier molecular flexibility index (Phi) is 6.24. The van der Waals surface area contributed by atoms with Gasteiger partial charge in [-0.1, -0.05) is 19.3 Å². The quantitative estimate of drug-likeness (QED) is 0.269. The summed E-state index contributed by atoms with van der Waals surface area (Å²) in [6, 6.07) is 0. The minimum absolute atomic E-state index is 0.126. The maximum Gasteiger partial charge on any atom is 0.368 e. The van der Waals surface area contributed by atoms with Gasteiger partial charge in [0.05, 0.1) is 11.8 Å². The Morgan fingerprint density at radius 1 is 1.12 bits per heavy atom. The number of carbonyl (C=O) groups is 2. The van der Waals surface area contributed by atoms with Crippen molar-refractivity contribution >= 4 is 32.2 Å². The lowest BCUT2D eigenvalue weighted by Crippen LogP contribution is -2.47. The van der Waals surface area contributed by atoms with Gasteiger partial charge in [-0.25, -0.2) is 12.8 Å². The normalized spacial score (nSPS) is 36.5. The Balaban J connectivity index is 1.48. The zero-order chi connectivity index (χ0) is 24.3. The fraction of sp³-hybridized carbons (Fsp3) is 0.889. The van der Waals surface area contributed by atoms with Gasteiger partial charge in [0.2, 0.25) is 6.17 Å². The average Bonchev–Trinajstić information content (AvgIpc) is 3.34. The van der Waals surface area contributed by atoms with E-state index in [0.717, 1.165) is 19.3 Å². The summed E-state index contributed by atoms with van der Waals surface area (Å²) in [4.78, 5) is 25.2. The minimum atomic E-state index is -6.36. The molecule has 0 radical (unpaired) electrons. The summed E-state index contributed by atoms with van der Waals surface area (Å²) in [6.07, 6.45) is -1.68. The van der Waals surface area contributed by atoms with E-state index >= 15 is 0 Å². The predicted octanol–water partition coefficient (Wildman–Crippen LogP) is 0.861. The molecule has 10 nitrogen and oxygen atoms in total. The molecule has 4 aliphatic rings. The van der Waals surface area contributed by atoms with E-state index in [2.05, 4.69) is 4.74 Å². The maximum atomic E-state index is 13.7. The van der Waals surface area contributed by atoms with Crippen LogP contribution < -0.4 is 0 Å². The number of fused-ring (bicyclic) bond motifs is 1.